The summed E-state index contributed by atoms with van der Waals surface area (Å²) in [5, 5.41) is 18.2. The average molecular weight is 389 g/mol. The summed E-state index contributed by atoms with van der Waals surface area (Å²) in [6.07, 6.45) is 0. The van der Waals surface area contributed by atoms with Gasteiger partial charge in [-0.25, -0.2) is 0 Å². The summed E-state index contributed by atoms with van der Waals surface area (Å²) < 4.78 is 15.0. The van der Waals surface area contributed by atoms with Gasteiger partial charge in [-0.05, 0) is 38.1 Å². The van der Waals surface area contributed by atoms with Gasteiger partial charge in [-0.2, -0.15) is 5.26 Å². The van der Waals surface area contributed by atoms with Crippen LogP contribution in [0.25, 0.3) is 16.7 Å². The fourth-order valence-electron chi connectivity index (χ4n) is 3.30. The summed E-state index contributed by atoms with van der Waals surface area (Å²) in [6.45, 7) is 4.82. The first-order chi connectivity index (χ1) is 14.2. The Bertz CT molecular complexity index is 1300. The van der Waals surface area contributed by atoms with Crippen molar-refractivity contribution in [3.05, 3.63) is 64.2 Å². The number of benzene rings is 2. The third-order valence-corrected chi connectivity index (χ3v) is 4.62. The number of hydrogen-bond acceptors (Lipinski definition) is 6. The van der Waals surface area contributed by atoms with Crippen LogP contribution in [0.2, 0.25) is 0 Å². The Morgan fingerprint density at radius 3 is 2.66 bits per heavy atom. The summed E-state index contributed by atoms with van der Waals surface area (Å²) in [5.74, 6) is 2.04. The molecule has 0 fully saturated rings. The zero-order valence-corrected chi connectivity index (χ0v) is 16.1. The van der Waals surface area contributed by atoms with Crippen molar-refractivity contribution in [1.82, 2.24) is 19.2 Å². The first kappa shape index (κ1) is 18.5. The summed E-state index contributed by atoms with van der Waals surface area (Å²) in [7, 11) is 0. The molecule has 29 heavy (non-hydrogen) atoms. The van der Waals surface area contributed by atoms with Gasteiger partial charge in [-0.15, -0.1) is 10.2 Å². The normalized spacial score (nSPS) is 10.9. The quantitative estimate of drug-likeness (QED) is 0.503. The van der Waals surface area contributed by atoms with Gasteiger partial charge in [0.1, 0.15) is 6.61 Å². The van der Waals surface area contributed by atoms with Crippen LogP contribution in [-0.2, 0) is 13.2 Å². The van der Waals surface area contributed by atoms with Gasteiger partial charge < -0.3 is 9.47 Å². The molecule has 8 heteroatoms. The van der Waals surface area contributed by atoms with E-state index in [0.29, 0.717) is 47.2 Å². The molecular weight excluding hydrogens is 370 g/mol. The van der Waals surface area contributed by atoms with Crippen molar-refractivity contribution in [2.24, 2.45) is 0 Å². The predicted molar refractivity (Wildman–Crippen MR) is 107 cm³/mol. The number of aromatic nitrogens is 4. The smallest absolute Gasteiger partial charge is 0.262 e. The number of nitrogens with zero attached hydrogens (tertiary/aromatic N) is 5. The molecule has 0 amide bonds. The van der Waals surface area contributed by atoms with Crippen LogP contribution in [0.1, 0.15) is 25.2 Å². The van der Waals surface area contributed by atoms with Crippen molar-refractivity contribution in [2.75, 3.05) is 6.61 Å². The van der Waals surface area contributed by atoms with Crippen LogP contribution in [0.3, 0.4) is 0 Å². The molecule has 0 bridgehead atoms. The molecular formula is C21H19N5O3. The fraction of sp³-hybridized carbons (Fsp3) is 0.238. The highest BCUT2D eigenvalue weighted by atomic mass is 16.5. The number of ether oxygens (including phenoxy) is 2. The Labute approximate surface area is 166 Å². The monoisotopic (exact) mass is 389 g/mol. The van der Waals surface area contributed by atoms with E-state index < -0.39 is 0 Å². The predicted octanol–water partition coefficient (Wildman–Crippen LogP) is 2.91. The third-order valence-electron chi connectivity index (χ3n) is 4.62. The molecule has 0 radical (unpaired) electrons. The minimum atomic E-state index is -0.0961. The Kier molecular flexibility index (Phi) is 4.87. The molecule has 8 nitrogen and oxygen atoms in total. The third kappa shape index (κ3) is 3.17. The van der Waals surface area contributed by atoms with Crippen LogP contribution in [-0.4, -0.2) is 25.8 Å². The van der Waals surface area contributed by atoms with E-state index in [4.69, 9.17) is 14.7 Å². The van der Waals surface area contributed by atoms with E-state index in [1.807, 2.05) is 36.4 Å². The zero-order valence-electron chi connectivity index (χ0n) is 16.1. The van der Waals surface area contributed by atoms with Crippen LogP contribution in [0.15, 0.2) is 47.3 Å². The molecule has 4 aromatic rings. The van der Waals surface area contributed by atoms with Crippen molar-refractivity contribution in [2.45, 2.75) is 27.0 Å². The van der Waals surface area contributed by atoms with Crippen LogP contribution in [0.4, 0.5) is 0 Å². The average Bonchev–Trinajstić information content (AvgIpc) is 3.17. The van der Waals surface area contributed by atoms with Gasteiger partial charge in [0.25, 0.3) is 5.56 Å². The minimum Gasteiger partial charge on any atom is -0.490 e. The molecule has 2 aromatic heterocycles. The first-order valence-corrected chi connectivity index (χ1v) is 9.33. The Hall–Kier alpha value is -3.86. The van der Waals surface area contributed by atoms with Crippen molar-refractivity contribution in [3.63, 3.8) is 0 Å². The Morgan fingerprint density at radius 1 is 1.07 bits per heavy atom. The number of fused-ring (bicyclic) bond motifs is 3. The van der Waals surface area contributed by atoms with E-state index in [1.54, 1.807) is 28.8 Å². The maximum absolute atomic E-state index is 12.7. The molecule has 0 saturated carbocycles. The summed E-state index contributed by atoms with van der Waals surface area (Å²) in [4.78, 5) is 12.7. The lowest BCUT2D eigenvalue weighted by molar-refractivity contribution is 0.262. The second-order valence-corrected chi connectivity index (χ2v) is 6.31. The van der Waals surface area contributed by atoms with E-state index in [-0.39, 0.29) is 12.2 Å². The summed E-state index contributed by atoms with van der Waals surface area (Å²) in [5.41, 5.74) is 1.12. The van der Waals surface area contributed by atoms with E-state index in [9.17, 15) is 4.79 Å². The van der Waals surface area contributed by atoms with E-state index in [0.717, 1.165) is 5.52 Å². The number of hydrogen-bond donors (Lipinski definition) is 0. The minimum absolute atomic E-state index is 0.0961. The second kappa shape index (κ2) is 7.64. The molecule has 2 heterocycles. The van der Waals surface area contributed by atoms with Crippen LogP contribution >= 0.6 is 0 Å². The zero-order chi connectivity index (χ0) is 20.4. The van der Waals surface area contributed by atoms with Crippen molar-refractivity contribution in [3.8, 4) is 17.6 Å². The molecule has 0 unspecified atom stereocenters. The largest absolute Gasteiger partial charge is 0.490 e. The van der Waals surface area contributed by atoms with Crippen LogP contribution in [0.5, 0.6) is 11.5 Å². The molecule has 2 aromatic carbocycles. The second-order valence-electron chi connectivity index (χ2n) is 6.31. The van der Waals surface area contributed by atoms with E-state index >= 15 is 0 Å². The molecule has 146 valence electrons. The van der Waals surface area contributed by atoms with E-state index in [2.05, 4.69) is 16.3 Å². The number of rotatable bonds is 6. The van der Waals surface area contributed by atoms with Gasteiger partial charge in [0.05, 0.1) is 29.1 Å². The molecule has 0 N–H and O–H groups in total. The topological polar surface area (TPSA) is 94.4 Å². The molecule has 0 atom stereocenters. The maximum atomic E-state index is 12.7. The lowest BCUT2D eigenvalue weighted by Crippen LogP contribution is -2.22. The lowest BCUT2D eigenvalue weighted by Gasteiger charge is -2.12. The van der Waals surface area contributed by atoms with Crippen molar-refractivity contribution in [1.29, 1.82) is 5.26 Å². The highest BCUT2D eigenvalue weighted by molar-refractivity contribution is 5.80. The number of para-hydroxylation sites is 1. The standard InChI is InChI=1S/C21H19N5O3/c1-3-25-20(27)15-7-5-6-8-16(15)26-19(23-24-21(25)26)13-29-17-10-9-14(12-22)11-18(17)28-4-2/h5-11H,3-4,13H2,1-2H3. The Balaban J connectivity index is 1.78. The molecule has 0 aliphatic heterocycles. The Morgan fingerprint density at radius 2 is 1.90 bits per heavy atom. The van der Waals surface area contributed by atoms with E-state index in [1.165, 1.54) is 0 Å². The molecule has 0 aliphatic carbocycles. The van der Waals surface area contributed by atoms with Gasteiger partial charge in [-0.1, -0.05) is 12.1 Å². The van der Waals surface area contributed by atoms with Gasteiger partial charge in [0, 0.05) is 12.6 Å². The van der Waals surface area contributed by atoms with Crippen LogP contribution in [0, 0.1) is 11.3 Å². The molecule has 0 saturated heterocycles. The number of aryl methyl sites for hydroxylation is 1. The first-order valence-electron chi connectivity index (χ1n) is 9.33. The van der Waals surface area contributed by atoms with Gasteiger partial charge in [0.2, 0.25) is 5.78 Å². The number of nitriles is 1. The molecule has 0 aliphatic rings. The SMILES string of the molecule is CCOc1cc(C#N)ccc1OCc1nnc2n(CC)c(=O)c3ccccc3n12. The molecule has 4 rings (SSSR count). The van der Waals surface area contributed by atoms with Gasteiger partial charge >= 0.3 is 0 Å². The summed E-state index contributed by atoms with van der Waals surface area (Å²) >= 11 is 0. The lowest BCUT2D eigenvalue weighted by atomic mass is 10.2. The highest BCUT2D eigenvalue weighted by Crippen LogP contribution is 2.29. The van der Waals surface area contributed by atoms with Gasteiger partial charge in [0.15, 0.2) is 17.3 Å². The maximum Gasteiger partial charge on any atom is 0.262 e. The summed E-state index contributed by atoms with van der Waals surface area (Å²) in [6, 6.07) is 14.5. The fourth-order valence-corrected chi connectivity index (χ4v) is 3.30. The van der Waals surface area contributed by atoms with Crippen molar-refractivity contribution >= 4 is 16.7 Å². The molecule has 0 spiro atoms. The van der Waals surface area contributed by atoms with Gasteiger partial charge in [-0.3, -0.25) is 13.8 Å². The van der Waals surface area contributed by atoms with Crippen LogP contribution < -0.4 is 15.0 Å². The van der Waals surface area contributed by atoms with Crippen molar-refractivity contribution < 1.29 is 9.47 Å². The highest BCUT2D eigenvalue weighted by Gasteiger charge is 2.16.